The summed E-state index contributed by atoms with van der Waals surface area (Å²) in [5, 5.41) is 12.1. The molecule has 1 aromatic carbocycles. The molecule has 2 heterocycles. The maximum Gasteiger partial charge on any atom is 0.326 e. The van der Waals surface area contributed by atoms with E-state index in [4.69, 9.17) is 9.47 Å². The van der Waals surface area contributed by atoms with Crippen molar-refractivity contribution in [3.63, 3.8) is 0 Å². The van der Waals surface area contributed by atoms with Gasteiger partial charge >= 0.3 is 5.97 Å². The number of hydrogen-bond donors (Lipinski definition) is 2. The normalized spacial score (nSPS) is 13.8. The van der Waals surface area contributed by atoms with E-state index in [1.165, 1.54) is 6.20 Å². The molecule has 8 nitrogen and oxygen atoms in total. The Morgan fingerprint density at radius 2 is 1.93 bits per heavy atom. The van der Waals surface area contributed by atoms with Gasteiger partial charge in [0.1, 0.15) is 11.6 Å². The lowest BCUT2D eigenvalue weighted by Gasteiger charge is -2.17. The van der Waals surface area contributed by atoms with Crippen LogP contribution in [0, 0.1) is 5.92 Å². The maximum absolute atomic E-state index is 12.9. The molecule has 8 heteroatoms. The van der Waals surface area contributed by atoms with Crippen molar-refractivity contribution >= 4 is 22.8 Å². The predicted molar refractivity (Wildman–Crippen MR) is 98.4 cm³/mol. The van der Waals surface area contributed by atoms with Crippen LogP contribution < -0.4 is 20.2 Å². The molecule has 27 heavy (non-hydrogen) atoms. The Balaban J connectivity index is 2.05. The molecule has 1 aliphatic rings. The lowest BCUT2D eigenvalue weighted by Crippen LogP contribution is -2.43. The summed E-state index contributed by atoms with van der Waals surface area (Å²) in [6, 6.07) is 2.22. The van der Waals surface area contributed by atoms with Gasteiger partial charge in [-0.1, -0.05) is 13.8 Å². The number of carbonyl (C=O) groups is 2. The number of benzene rings is 1. The molecule has 2 N–H and O–H groups in total. The largest absolute Gasteiger partial charge is 0.480 e. The first-order chi connectivity index (χ1) is 12.8. The minimum Gasteiger partial charge on any atom is -0.480 e. The first kappa shape index (κ1) is 18.8. The van der Waals surface area contributed by atoms with Crippen molar-refractivity contribution in [1.29, 1.82) is 0 Å². The molecule has 1 aromatic heterocycles. The number of aliphatic carboxylic acids is 1. The number of carboxylic acid groups (broad SMARTS) is 1. The van der Waals surface area contributed by atoms with Crippen molar-refractivity contribution in [2.24, 2.45) is 5.92 Å². The van der Waals surface area contributed by atoms with E-state index >= 15 is 0 Å². The van der Waals surface area contributed by atoms with Crippen molar-refractivity contribution in [2.75, 3.05) is 6.79 Å². The molecule has 0 saturated carbocycles. The van der Waals surface area contributed by atoms with Crippen molar-refractivity contribution in [2.45, 2.75) is 39.8 Å². The topological polar surface area (TPSA) is 107 Å². The maximum atomic E-state index is 12.9. The number of rotatable bonds is 6. The number of nitrogens with one attached hydrogen (secondary N) is 1. The van der Waals surface area contributed by atoms with Gasteiger partial charge in [-0.2, -0.15) is 0 Å². The number of aryl methyl sites for hydroxylation is 1. The SMILES string of the molecule is CCn1cc(C(=O)N[C@H](CC(C)C)C(=O)O)c(=O)c2cc3c(cc21)OCO3. The van der Waals surface area contributed by atoms with Crippen molar-refractivity contribution < 1.29 is 24.2 Å². The van der Waals surface area contributed by atoms with Gasteiger partial charge in [-0.25, -0.2) is 4.79 Å². The van der Waals surface area contributed by atoms with Gasteiger partial charge in [0.25, 0.3) is 5.91 Å². The van der Waals surface area contributed by atoms with E-state index in [1.807, 2.05) is 20.8 Å². The fourth-order valence-electron chi connectivity index (χ4n) is 3.13. The molecule has 1 atom stereocenters. The highest BCUT2D eigenvalue weighted by atomic mass is 16.7. The van der Waals surface area contributed by atoms with Gasteiger partial charge in [0.15, 0.2) is 11.5 Å². The average molecular weight is 374 g/mol. The van der Waals surface area contributed by atoms with Crippen molar-refractivity contribution in [3.05, 3.63) is 34.1 Å². The fraction of sp³-hybridized carbons (Fsp3) is 0.421. The summed E-state index contributed by atoms with van der Waals surface area (Å²) < 4.78 is 12.4. The van der Waals surface area contributed by atoms with Crippen LogP contribution >= 0.6 is 0 Å². The summed E-state index contributed by atoms with van der Waals surface area (Å²) in [6.45, 7) is 6.21. The molecule has 0 fully saturated rings. The molecule has 0 bridgehead atoms. The number of amides is 1. The minimum absolute atomic E-state index is 0.0782. The molecule has 2 aromatic rings. The van der Waals surface area contributed by atoms with Crippen LogP contribution in [0.4, 0.5) is 0 Å². The second-order valence-corrected chi connectivity index (χ2v) is 6.87. The summed E-state index contributed by atoms with van der Waals surface area (Å²) in [5.74, 6) is -0.755. The van der Waals surface area contributed by atoms with Crippen LogP contribution in [0.2, 0.25) is 0 Å². The van der Waals surface area contributed by atoms with Crippen LogP contribution in [0.3, 0.4) is 0 Å². The number of hydrogen-bond acceptors (Lipinski definition) is 5. The summed E-state index contributed by atoms with van der Waals surface area (Å²) in [6.07, 6.45) is 1.73. The number of aromatic nitrogens is 1. The van der Waals surface area contributed by atoms with Crippen LogP contribution in [0.1, 0.15) is 37.6 Å². The van der Waals surface area contributed by atoms with Gasteiger partial charge in [-0.15, -0.1) is 0 Å². The highest BCUT2D eigenvalue weighted by molar-refractivity contribution is 5.99. The number of pyridine rings is 1. The molecule has 0 saturated heterocycles. The molecule has 0 spiro atoms. The molecule has 0 unspecified atom stereocenters. The Morgan fingerprint density at radius 1 is 1.26 bits per heavy atom. The molecule has 1 aliphatic heterocycles. The van der Waals surface area contributed by atoms with E-state index in [1.54, 1.807) is 16.7 Å². The highest BCUT2D eigenvalue weighted by Gasteiger charge is 2.25. The van der Waals surface area contributed by atoms with Gasteiger partial charge < -0.3 is 24.5 Å². The number of fused-ring (bicyclic) bond motifs is 2. The third kappa shape index (κ3) is 3.60. The van der Waals surface area contributed by atoms with E-state index in [0.29, 0.717) is 28.9 Å². The lowest BCUT2D eigenvalue weighted by atomic mass is 10.0. The van der Waals surface area contributed by atoms with Crippen LogP contribution in [0.25, 0.3) is 10.9 Å². The Bertz CT molecular complexity index is 963. The van der Waals surface area contributed by atoms with Crippen molar-refractivity contribution in [3.8, 4) is 11.5 Å². The Hall–Kier alpha value is -3.03. The van der Waals surface area contributed by atoms with E-state index < -0.39 is 23.3 Å². The summed E-state index contributed by atoms with van der Waals surface area (Å²) >= 11 is 0. The van der Waals surface area contributed by atoms with Gasteiger partial charge in [-0.05, 0) is 25.3 Å². The van der Waals surface area contributed by atoms with E-state index in [9.17, 15) is 19.5 Å². The van der Waals surface area contributed by atoms with E-state index in [2.05, 4.69) is 5.32 Å². The number of ether oxygens (including phenoxy) is 2. The quantitative estimate of drug-likeness (QED) is 0.801. The first-order valence-corrected chi connectivity index (χ1v) is 8.82. The lowest BCUT2D eigenvalue weighted by molar-refractivity contribution is -0.139. The van der Waals surface area contributed by atoms with Crippen molar-refractivity contribution in [1.82, 2.24) is 9.88 Å². The second-order valence-electron chi connectivity index (χ2n) is 6.87. The Labute approximate surface area is 155 Å². The zero-order valence-electron chi connectivity index (χ0n) is 15.4. The number of carboxylic acids is 1. The summed E-state index contributed by atoms with van der Waals surface area (Å²) in [7, 11) is 0. The van der Waals surface area contributed by atoms with Crippen LogP contribution in [0.5, 0.6) is 11.5 Å². The zero-order chi connectivity index (χ0) is 19.7. The Kier molecular flexibility index (Phi) is 5.07. The Morgan fingerprint density at radius 3 is 2.52 bits per heavy atom. The van der Waals surface area contributed by atoms with Crippen LogP contribution in [0.15, 0.2) is 23.1 Å². The van der Waals surface area contributed by atoms with Crippen LogP contribution in [-0.2, 0) is 11.3 Å². The summed E-state index contributed by atoms with van der Waals surface area (Å²) in [4.78, 5) is 37.0. The number of nitrogens with zero attached hydrogens (tertiary/aromatic N) is 1. The monoisotopic (exact) mass is 374 g/mol. The number of carbonyl (C=O) groups excluding carboxylic acids is 1. The molecular formula is C19H22N2O6. The van der Waals surface area contributed by atoms with E-state index in [0.717, 1.165) is 0 Å². The van der Waals surface area contributed by atoms with Gasteiger partial charge in [0.2, 0.25) is 12.2 Å². The van der Waals surface area contributed by atoms with Crippen LogP contribution in [-0.4, -0.2) is 34.4 Å². The fourth-order valence-corrected chi connectivity index (χ4v) is 3.13. The molecule has 0 radical (unpaired) electrons. The van der Waals surface area contributed by atoms with Gasteiger partial charge in [0.05, 0.1) is 10.9 Å². The zero-order valence-corrected chi connectivity index (χ0v) is 15.4. The highest BCUT2D eigenvalue weighted by Crippen LogP contribution is 2.35. The second kappa shape index (κ2) is 7.30. The van der Waals surface area contributed by atoms with Gasteiger partial charge in [0, 0.05) is 18.8 Å². The molecule has 1 amide bonds. The van der Waals surface area contributed by atoms with Gasteiger partial charge in [-0.3, -0.25) is 9.59 Å². The summed E-state index contributed by atoms with van der Waals surface area (Å²) in [5.41, 5.74) is 0.0534. The first-order valence-electron chi connectivity index (χ1n) is 8.82. The molecular weight excluding hydrogens is 352 g/mol. The van der Waals surface area contributed by atoms with E-state index in [-0.39, 0.29) is 24.7 Å². The molecule has 3 rings (SSSR count). The smallest absolute Gasteiger partial charge is 0.326 e. The predicted octanol–water partition coefficient (Wildman–Crippen LogP) is 1.98. The third-order valence-corrected chi connectivity index (χ3v) is 4.47. The minimum atomic E-state index is -1.13. The third-order valence-electron chi connectivity index (χ3n) is 4.47. The molecule has 0 aliphatic carbocycles. The average Bonchev–Trinajstić information content (AvgIpc) is 3.07. The standard InChI is InChI=1S/C19H22N2O6/c1-4-21-8-12(18(23)20-13(19(24)25)5-10(2)3)17(22)11-6-15-16(7-14(11)21)27-9-26-15/h6-8,10,13H,4-5,9H2,1-3H3,(H,20,23)(H,24,25)/t13-/m1/s1. The molecule has 144 valence electrons.